The van der Waals surface area contributed by atoms with Gasteiger partial charge in [-0.3, -0.25) is 0 Å². The van der Waals surface area contributed by atoms with Crippen molar-refractivity contribution in [2.45, 2.75) is 26.7 Å². The standard InChI is InChI=1S/C15H25NOS/c1-5-15(6-2,12-18)11-17-14-9-7-8-13(10-14)16(3)4/h7-10,18H,5-6,11-12H2,1-4H3. The van der Waals surface area contributed by atoms with Crippen LogP contribution in [0.25, 0.3) is 0 Å². The molecule has 2 nitrogen and oxygen atoms in total. The van der Waals surface area contributed by atoms with Gasteiger partial charge in [-0.25, -0.2) is 0 Å². The first-order valence-corrected chi connectivity index (χ1v) is 7.21. The molecule has 0 fully saturated rings. The summed E-state index contributed by atoms with van der Waals surface area (Å²) in [6, 6.07) is 8.21. The maximum atomic E-state index is 5.96. The quantitative estimate of drug-likeness (QED) is 0.753. The lowest BCUT2D eigenvalue weighted by molar-refractivity contribution is 0.157. The van der Waals surface area contributed by atoms with Crippen molar-refractivity contribution >= 4 is 18.3 Å². The van der Waals surface area contributed by atoms with Crippen molar-refractivity contribution < 1.29 is 4.74 Å². The van der Waals surface area contributed by atoms with E-state index in [1.54, 1.807) is 0 Å². The van der Waals surface area contributed by atoms with Crippen LogP contribution in [0.2, 0.25) is 0 Å². The number of thiol groups is 1. The molecule has 0 unspecified atom stereocenters. The number of benzene rings is 1. The molecule has 18 heavy (non-hydrogen) atoms. The third-order valence-corrected chi connectivity index (χ3v) is 4.39. The zero-order valence-electron chi connectivity index (χ0n) is 11.9. The van der Waals surface area contributed by atoms with E-state index in [4.69, 9.17) is 4.74 Å². The number of hydrogen-bond acceptors (Lipinski definition) is 3. The summed E-state index contributed by atoms with van der Waals surface area (Å²) in [4.78, 5) is 2.08. The summed E-state index contributed by atoms with van der Waals surface area (Å²) >= 11 is 4.47. The van der Waals surface area contributed by atoms with Crippen molar-refractivity contribution in [3.8, 4) is 5.75 Å². The summed E-state index contributed by atoms with van der Waals surface area (Å²) in [5.74, 6) is 1.81. The third-order valence-electron chi connectivity index (χ3n) is 3.71. The summed E-state index contributed by atoms with van der Waals surface area (Å²) in [7, 11) is 4.07. The van der Waals surface area contributed by atoms with Gasteiger partial charge in [0.25, 0.3) is 0 Å². The van der Waals surface area contributed by atoms with Crippen LogP contribution in [0, 0.1) is 5.41 Å². The van der Waals surface area contributed by atoms with Gasteiger partial charge in [0.15, 0.2) is 0 Å². The predicted molar refractivity (Wildman–Crippen MR) is 83.1 cm³/mol. The zero-order valence-corrected chi connectivity index (χ0v) is 12.8. The fourth-order valence-electron chi connectivity index (χ4n) is 1.81. The van der Waals surface area contributed by atoms with Gasteiger partial charge in [-0.15, -0.1) is 0 Å². The first-order chi connectivity index (χ1) is 8.56. The molecule has 0 N–H and O–H groups in total. The molecule has 1 aromatic carbocycles. The Morgan fingerprint density at radius 1 is 1.22 bits per heavy atom. The Morgan fingerprint density at radius 3 is 2.39 bits per heavy atom. The SMILES string of the molecule is CCC(CC)(CS)COc1cccc(N(C)C)c1. The lowest BCUT2D eigenvalue weighted by Gasteiger charge is -2.29. The molecule has 0 bridgehead atoms. The summed E-state index contributed by atoms with van der Waals surface area (Å²) in [6.45, 7) is 5.15. The Morgan fingerprint density at radius 2 is 1.89 bits per heavy atom. The molecule has 0 radical (unpaired) electrons. The Hall–Kier alpha value is -0.830. The molecule has 0 heterocycles. The summed E-state index contributed by atoms with van der Waals surface area (Å²) in [5, 5.41) is 0. The normalized spacial score (nSPS) is 11.4. The first kappa shape index (κ1) is 15.2. The van der Waals surface area contributed by atoms with Gasteiger partial charge in [-0.2, -0.15) is 12.6 Å². The van der Waals surface area contributed by atoms with Crippen molar-refractivity contribution in [3.05, 3.63) is 24.3 Å². The number of anilines is 1. The van der Waals surface area contributed by atoms with E-state index >= 15 is 0 Å². The minimum absolute atomic E-state index is 0.192. The maximum absolute atomic E-state index is 5.96. The van der Waals surface area contributed by atoms with Gasteiger partial charge in [-0.05, 0) is 30.7 Å². The molecule has 0 saturated heterocycles. The van der Waals surface area contributed by atoms with Crippen LogP contribution in [0.1, 0.15) is 26.7 Å². The molecule has 0 spiro atoms. The maximum Gasteiger partial charge on any atom is 0.121 e. The van der Waals surface area contributed by atoms with Crippen LogP contribution in [-0.2, 0) is 0 Å². The Labute approximate surface area is 117 Å². The second-order valence-electron chi connectivity index (χ2n) is 5.05. The van der Waals surface area contributed by atoms with Gasteiger partial charge in [0.1, 0.15) is 5.75 Å². The number of hydrogen-bond donors (Lipinski definition) is 1. The second kappa shape index (κ2) is 6.93. The molecule has 1 aromatic rings. The van der Waals surface area contributed by atoms with Crippen LogP contribution in [0.4, 0.5) is 5.69 Å². The van der Waals surface area contributed by atoms with Crippen LogP contribution in [0.3, 0.4) is 0 Å². The summed E-state index contributed by atoms with van der Waals surface area (Å²) in [5.41, 5.74) is 1.36. The van der Waals surface area contributed by atoms with Crippen LogP contribution < -0.4 is 9.64 Å². The van der Waals surface area contributed by atoms with Crippen LogP contribution in [0.5, 0.6) is 5.75 Å². The third kappa shape index (κ3) is 3.84. The van der Waals surface area contributed by atoms with Crippen LogP contribution in [-0.4, -0.2) is 26.5 Å². The Balaban J connectivity index is 2.70. The largest absolute Gasteiger partial charge is 0.493 e. The van der Waals surface area contributed by atoms with E-state index in [1.807, 2.05) is 26.2 Å². The van der Waals surface area contributed by atoms with Crippen molar-refractivity contribution in [2.24, 2.45) is 5.41 Å². The lowest BCUT2D eigenvalue weighted by atomic mass is 9.85. The van der Waals surface area contributed by atoms with Gasteiger partial charge in [-0.1, -0.05) is 19.9 Å². The zero-order chi connectivity index (χ0) is 13.6. The van der Waals surface area contributed by atoms with Gasteiger partial charge < -0.3 is 9.64 Å². The molecule has 0 saturated carbocycles. The van der Waals surface area contributed by atoms with Gasteiger partial charge in [0.2, 0.25) is 0 Å². The summed E-state index contributed by atoms with van der Waals surface area (Å²) in [6.07, 6.45) is 2.20. The van der Waals surface area contributed by atoms with Crippen molar-refractivity contribution in [3.63, 3.8) is 0 Å². The topological polar surface area (TPSA) is 12.5 Å². The molecule has 102 valence electrons. The van der Waals surface area contributed by atoms with E-state index in [0.29, 0.717) is 0 Å². The van der Waals surface area contributed by atoms with Crippen molar-refractivity contribution in [2.75, 3.05) is 31.4 Å². The molecule has 3 heteroatoms. The van der Waals surface area contributed by atoms with Crippen molar-refractivity contribution in [1.82, 2.24) is 0 Å². The molecule has 0 atom stereocenters. The monoisotopic (exact) mass is 267 g/mol. The molecule has 1 rings (SSSR count). The Bertz CT molecular complexity index is 353. The first-order valence-electron chi connectivity index (χ1n) is 6.58. The number of ether oxygens (including phenoxy) is 1. The second-order valence-corrected chi connectivity index (χ2v) is 5.36. The van der Waals surface area contributed by atoms with E-state index < -0.39 is 0 Å². The Kier molecular flexibility index (Phi) is 5.86. The molecule has 0 aliphatic carbocycles. The van der Waals surface area contributed by atoms with Gasteiger partial charge >= 0.3 is 0 Å². The number of nitrogens with zero attached hydrogens (tertiary/aromatic N) is 1. The van der Waals surface area contributed by atoms with Crippen LogP contribution >= 0.6 is 12.6 Å². The van der Waals surface area contributed by atoms with E-state index in [2.05, 4.69) is 43.5 Å². The summed E-state index contributed by atoms with van der Waals surface area (Å²) < 4.78 is 5.96. The highest BCUT2D eigenvalue weighted by atomic mass is 32.1. The predicted octanol–water partition coefficient (Wildman–Crippen LogP) is 3.87. The molecular weight excluding hydrogens is 242 g/mol. The van der Waals surface area contributed by atoms with Crippen LogP contribution in [0.15, 0.2) is 24.3 Å². The molecule has 0 aliphatic rings. The highest BCUT2D eigenvalue weighted by Gasteiger charge is 2.25. The van der Waals surface area contributed by atoms with Crippen molar-refractivity contribution in [1.29, 1.82) is 0 Å². The van der Waals surface area contributed by atoms with E-state index in [-0.39, 0.29) is 5.41 Å². The smallest absolute Gasteiger partial charge is 0.121 e. The van der Waals surface area contributed by atoms with E-state index in [0.717, 1.165) is 36.6 Å². The number of rotatable bonds is 7. The fraction of sp³-hybridized carbons (Fsp3) is 0.600. The molecule has 0 aromatic heterocycles. The minimum atomic E-state index is 0.192. The highest BCUT2D eigenvalue weighted by molar-refractivity contribution is 7.80. The van der Waals surface area contributed by atoms with E-state index in [1.165, 1.54) is 0 Å². The average Bonchev–Trinajstić information content (AvgIpc) is 2.41. The average molecular weight is 267 g/mol. The van der Waals surface area contributed by atoms with E-state index in [9.17, 15) is 0 Å². The highest BCUT2D eigenvalue weighted by Crippen LogP contribution is 2.29. The minimum Gasteiger partial charge on any atom is -0.493 e. The fourth-order valence-corrected chi connectivity index (χ4v) is 2.35. The van der Waals surface area contributed by atoms with Gasteiger partial charge in [0.05, 0.1) is 6.61 Å². The molecule has 0 aliphatic heterocycles. The van der Waals surface area contributed by atoms with Gasteiger partial charge in [0, 0.05) is 31.3 Å². The molecule has 0 amide bonds. The molecular formula is C15H25NOS. The lowest BCUT2D eigenvalue weighted by Crippen LogP contribution is -2.29.